The van der Waals surface area contributed by atoms with Crippen molar-refractivity contribution in [2.45, 2.75) is 103 Å². The van der Waals surface area contributed by atoms with Gasteiger partial charge in [0.1, 0.15) is 0 Å². The van der Waals surface area contributed by atoms with Gasteiger partial charge in [0.15, 0.2) is 0 Å². The highest BCUT2D eigenvalue weighted by Gasteiger charge is 2.19. The maximum absolute atomic E-state index is 5.77. The van der Waals surface area contributed by atoms with Crippen molar-refractivity contribution < 1.29 is 4.74 Å². The minimum Gasteiger partial charge on any atom is -0.378 e. The van der Waals surface area contributed by atoms with E-state index in [0.29, 0.717) is 12.1 Å². The molecule has 20 heavy (non-hydrogen) atoms. The highest BCUT2D eigenvalue weighted by molar-refractivity contribution is 4.74. The van der Waals surface area contributed by atoms with Gasteiger partial charge in [0.05, 0.1) is 6.10 Å². The maximum atomic E-state index is 5.77. The first kappa shape index (κ1) is 18.0. The van der Waals surface area contributed by atoms with Gasteiger partial charge >= 0.3 is 0 Å². The minimum atomic E-state index is 0.535. The van der Waals surface area contributed by atoms with Crippen LogP contribution in [0.4, 0.5) is 0 Å². The fraction of sp³-hybridized carbons (Fsp3) is 1.00. The molecule has 1 N–H and O–H groups in total. The molecule has 0 aromatic heterocycles. The summed E-state index contributed by atoms with van der Waals surface area (Å²) in [5.41, 5.74) is 0. The quantitative estimate of drug-likeness (QED) is 0.477. The molecule has 2 heteroatoms. The van der Waals surface area contributed by atoms with Crippen LogP contribution in [-0.2, 0) is 4.74 Å². The van der Waals surface area contributed by atoms with Gasteiger partial charge in [0.2, 0.25) is 0 Å². The Balaban J connectivity index is 1.97. The third kappa shape index (κ3) is 8.97. The van der Waals surface area contributed by atoms with E-state index in [1.54, 1.807) is 0 Å². The Morgan fingerprint density at radius 1 is 1.00 bits per heavy atom. The van der Waals surface area contributed by atoms with Gasteiger partial charge in [-0.3, -0.25) is 0 Å². The Morgan fingerprint density at radius 3 is 2.30 bits per heavy atom. The summed E-state index contributed by atoms with van der Waals surface area (Å²) in [5, 5.41) is 3.65. The number of unbranched alkanes of at least 4 members (excludes halogenated alkanes) is 7. The van der Waals surface area contributed by atoms with Crippen LogP contribution < -0.4 is 5.32 Å². The number of rotatable bonds is 13. The molecule has 1 aliphatic heterocycles. The van der Waals surface area contributed by atoms with Crippen LogP contribution in [0.15, 0.2) is 0 Å². The van der Waals surface area contributed by atoms with Gasteiger partial charge in [-0.2, -0.15) is 0 Å². The van der Waals surface area contributed by atoms with E-state index >= 15 is 0 Å². The minimum absolute atomic E-state index is 0.535. The van der Waals surface area contributed by atoms with Crippen molar-refractivity contribution in [2.24, 2.45) is 0 Å². The van der Waals surface area contributed by atoms with Crippen molar-refractivity contribution in [2.75, 3.05) is 13.2 Å². The van der Waals surface area contributed by atoms with Crippen LogP contribution in [0.5, 0.6) is 0 Å². The highest BCUT2D eigenvalue weighted by Crippen LogP contribution is 2.19. The van der Waals surface area contributed by atoms with E-state index < -0.39 is 0 Å². The van der Waals surface area contributed by atoms with E-state index in [9.17, 15) is 0 Å². The van der Waals surface area contributed by atoms with E-state index in [4.69, 9.17) is 4.74 Å². The smallest absolute Gasteiger partial charge is 0.0590 e. The van der Waals surface area contributed by atoms with E-state index in [1.165, 1.54) is 77.0 Å². The largest absolute Gasteiger partial charge is 0.378 e. The predicted molar refractivity (Wildman–Crippen MR) is 88.3 cm³/mol. The lowest BCUT2D eigenvalue weighted by molar-refractivity contribution is 0.0935. The second-order valence-corrected chi connectivity index (χ2v) is 6.39. The summed E-state index contributed by atoms with van der Waals surface area (Å²) in [6, 6.07) is 0.684. The lowest BCUT2D eigenvalue weighted by Gasteiger charge is -2.21. The average molecular weight is 284 g/mol. The fourth-order valence-corrected chi connectivity index (χ4v) is 3.26. The van der Waals surface area contributed by atoms with Crippen molar-refractivity contribution in [3.63, 3.8) is 0 Å². The zero-order valence-electron chi connectivity index (χ0n) is 14.0. The van der Waals surface area contributed by atoms with Crippen LogP contribution in [0.2, 0.25) is 0 Å². The summed E-state index contributed by atoms with van der Waals surface area (Å²) < 4.78 is 5.77. The Bertz CT molecular complexity index is 202. The molecule has 0 aromatic carbocycles. The van der Waals surface area contributed by atoms with E-state index in [2.05, 4.69) is 19.2 Å². The molecule has 0 radical (unpaired) electrons. The van der Waals surface area contributed by atoms with Gasteiger partial charge in [0, 0.05) is 12.6 Å². The summed E-state index contributed by atoms with van der Waals surface area (Å²) in [6.07, 6.45) is 17.0. The first-order valence-electron chi connectivity index (χ1n) is 9.21. The Labute approximate surface area is 127 Å². The normalized spacial score (nSPS) is 20.4. The third-order valence-electron chi connectivity index (χ3n) is 4.47. The Hall–Kier alpha value is -0.0800. The molecule has 0 aromatic rings. The fourth-order valence-electron chi connectivity index (χ4n) is 3.26. The van der Waals surface area contributed by atoms with Crippen LogP contribution in [0.25, 0.3) is 0 Å². The van der Waals surface area contributed by atoms with Crippen molar-refractivity contribution >= 4 is 0 Å². The molecule has 0 amide bonds. The molecule has 1 saturated heterocycles. The highest BCUT2D eigenvalue weighted by atomic mass is 16.5. The molecule has 120 valence electrons. The summed E-state index contributed by atoms with van der Waals surface area (Å²) in [6.45, 7) is 6.58. The molecule has 1 aliphatic rings. The van der Waals surface area contributed by atoms with Gasteiger partial charge in [-0.15, -0.1) is 0 Å². The number of hydrogen-bond donors (Lipinski definition) is 1. The SMILES string of the molecule is CCCCCCCCCCC(CC1CCCO1)NCC. The molecule has 2 atom stereocenters. The molecular weight excluding hydrogens is 246 g/mol. The van der Waals surface area contributed by atoms with Crippen LogP contribution >= 0.6 is 0 Å². The van der Waals surface area contributed by atoms with Crippen molar-refractivity contribution in [3.05, 3.63) is 0 Å². The molecule has 0 saturated carbocycles. The molecule has 1 heterocycles. The molecule has 0 bridgehead atoms. The zero-order valence-corrected chi connectivity index (χ0v) is 14.0. The summed E-state index contributed by atoms with van der Waals surface area (Å²) >= 11 is 0. The first-order valence-corrected chi connectivity index (χ1v) is 9.21. The lowest BCUT2D eigenvalue weighted by Crippen LogP contribution is -2.32. The van der Waals surface area contributed by atoms with Gasteiger partial charge in [-0.1, -0.05) is 65.2 Å². The van der Waals surface area contributed by atoms with Crippen molar-refractivity contribution in [3.8, 4) is 0 Å². The van der Waals surface area contributed by atoms with E-state index in [0.717, 1.165) is 13.2 Å². The Morgan fingerprint density at radius 2 is 1.70 bits per heavy atom. The molecule has 2 nitrogen and oxygen atoms in total. The topological polar surface area (TPSA) is 21.3 Å². The summed E-state index contributed by atoms with van der Waals surface area (Å²) in [7, 11) is 0. The molecule has 2 unspecified atom stereocenters. The number of hydrogen-bond acceptors (Lipinski definition) is 2. The predicted octanol–water partition coefficient (Wildman–Crippen LogP) is 5.06. The van der Waals surface area contributed by atoms with Crippen LogP contribution in [0, 0.1) is 0 Å². The second kappa shape index (κ2) is 12.6. The van der Waals surface area contributed by atoms with Crippen LogP contribution in [0.3, 0.4) is 0 Å². The number of nitrogens with one attached hydrogen (secondary N) is 1. The summed E-state index contributed by atoms with van der Waals surface area (Å²) in [4.78, 5) is 0. The molecule has 0 spiro atoms. The molecule has 1 fully saturated rings. The number of ether oxygens (including phenoxy) is 1. The van der Waals surface area contributed by atoms with Crippen LogP contribution in [0.1, 0.15) is 90.9 Å². The monoisotopic (exact) mass is 283 g/mol. The third-order valence-corrected chi connectivity index (χ3v) is 4.47. The average Bonchev–Trinajstić information content (AvgIpc) is 2.95. The standard InChI is InChI=1S/C18H37NO/c1-3-5-6-7-8-9-10-11-13-17(19-4-2)16-18-14-12-15-20-18/h17-19H,3-16H2,1-2H3. The van der Waals surface area contributed by atoms with Crippen molar-refractivity contribution in [1.82, 2.24) is 5.32 Å². The molecular formula is C18H37NO. The second-order valence-electron chi connectivity index (χ2n) is 6.39. The lowest BCUT2D eigenvalue weighted by atomic mass is 9.99. The Kier molecular flexibility index (Phi) is 11.4. The van der Waals surface area contributed by atoms with Gasteiger partial charge in [0.25, 0.3) is 0 Å². The summed E-state index contributed by atoms with van der Waals surface area (Å²) in [5.74, 6) is 0. The zero-order chi connectivity index (χ0) is 14.5. The van der Waals surface area contributed by atoms with E-state index in [1.807, 2.05) is 0 Å². The molecule has 1 rings (SSSR count). The maximum Gasteiger partial charge on any atom is 0.0590 e. The van der Waals surface area contributed by atoms with Gasteiger partial charge in [-0.25, -0.2) is 0 Å². The van der Waals surface area contributed by atoms with Gasteiger partial charge in [-0.05, 0) is 32.2 Å². The first-order chi connectivity index (χ1) is 9.86. The van der Waals surface area contributed by atoms with Gasteiger partial charge < -0.3 is 10.1 Å². The van der Waals surface area contributed by atoms with Crippen molar-refractivity contribution in [1.29, 1.82) is 0 Å². The van der Waals surface area contributed by atoms with E-state index in [-0.39, 0.29) is 0 Å². The molecule has 0 aliphatic carbocycles. The van der Waals surface area contributed by atoms with Crippen LogP contribution in [-0.4, -0.2) is 25.3 Å².